The molecule has 0 spiro atoms. The Morgan fingerprint density at radius 1 is 1.15 bits per heavy atom. The average molecular weight is 383 g/mol. The third-order valence-corrected chi connectivity index (χ3v) is 5.71. The molecule has 1 aliphatic carbocycles. The van der Waals surface area contributed by atoms with E-state index in [1.807, 2.05) is 19.1 Å². The van der Waals surface area contributed by atoms with Crippen LogP contribution in [0.5, 0.6) is 11.6 Å². The van der Waals surface area contributed by atoms with Gasteiger partial charge < -0.3 is 14.8 Å². The van der Waals surface area contributed by atoms with Crippen molar-refractivity contribution < 1.29 is 14.3 Å². The minimum atomic E-state index is -0.227. The number of nitrogens with zero attached hydrogens (tertiary/aromatic N) is 2. The number of aromatic nitrogens is 2. The van der Waals surface area contributed by atoms with Crippen molar-refractivity contribution in [2.24, 2.45) is 0 Å². The second kappa shape index (κ2) is 7.92. The van der Waals surface area contributed by atoms with Gasteiger partial charge in [-0.15, -0.1) is 11.3 Å². The fraction of sp³-hybridized carbons (Fsp3) is 0.350. The van der Waals surface area contributed by atoms with Crippen molar-refractivity contribution in [1.82, 2.24) is 9.97 Å². The smallest absolute Gasteiger partial charge is 0.262 e. The minimum absolute atomic E-state index is 0.0933. The van der Waals surface area contributed by atoms with Crippen LogP contribution in [-0.4, -0.2) is 29.1 Å². The van der Waals surface area contributed by atoms with Gasteiger partial charge in [-0.25, -0.2) is 9.97 Å². The van der Waals surface area contributed by atoms with E-state index in [1.54, 1.807) is 23.5 Å². The third-order valence-electron chi connectivity index (χ3n) is 4.51. The number of ether oxygens (including phenoxy) is 2. The highest BCUT2D eigenvalue weighted by atomic mass is 32.1. The van der Waals surface area contributed by atoms with E-state index in [-0.39, 0.29) is 12.5 Å². The second-order valence-corrected chi connectivity index (χ2v) is 7.45. The van der Waals surface area contributed by atoms with Crippen molar-refractivity contribution in [3.63, 3.8) is 0 Å². The standard InChI is InChI=1S/C20H21N3O3S/c1-2-25-14-9-7-13(8-10-14)23-17(24)11-26-19-18-15-5-3-4-6-16(15)27-20(18)22-12-21-19/h7-10,12H,2-6,11H2,1H3,(H,23,24). The first-order valence-electron chi connectivity index (χ1n) is 9.15. The molecule has 140 valence electrons. The molecule has 0 unspecified atom stereocenters. The summed E-state index contributed by atoms with van der Waals surface area (Å²) in [4.78, 5) is 23.2. The van der Waals surface area contributed by atoms with E-state index in [4.69, 9.17) is 9.47 Å². The molecule has 2 heterocycles. The van der Waals surface area contributed by atoms with E-state index in [0.717, 1.165) is 28.8 Å². The monoisotopic (exact) mass is 383 g/mol. The number of aryl methyl sites for hydroxylation is 2. The lowest BCUT2D eigenvalue weighted by Crippen LogP contribution is -2.20. The normalized spacial score (nSPS) is 13.2. The van der Waals surface area contributed by atoms with Crippen molar-refractivity contribution >= 4 is 33.1 Å². The summed E-state index contributed by atoms with van der Waals surface area (Å²) < 4.78 is 11.2. The van der Waals surface area contributed by atoms with Gasteiger partial charge in [0.1, 0.15) is 16.9 Å². The Morgan fingerprint density at radius 2 is 1.96 bits per heavy atom. The molecule has 3 aromatic rings. The zero-order valence-corrected chi connectivity index (χ0v) is 16.0. The predicted molar refractivity (Wildman–Crippen MR) is 106 cm³/mol. The Bertz CT molecular complexity index is 953. The first kappa shape index (κ1) is 17.7. The van der Waals surface area contributed by atoms with Gasteiger partial charge in [0.2, 0.25) is 5.88 Å². The number of carbonyl (C=O) groups excluding carboxylic acids is 1. The van der Waals surface area contributed by atoms with Crippen LogP contribution in [0.2, 0.25) is 0 Å². The molecule has 0 saturated carbocycles. The zero-order valence-electron chi connectivity index (χ0n) is 15.2. The quantitative estimate of drug-likeness (QED) is 0.697. The molecule has 0 fully saturated rings. The third kappa shape index (κ3) is 3.88. The Balaban J connectivity index is 1.44. The highest BCUT2D eigenvalue weighted by Gasteiger charge is 2.21. The molecular weight excluding hydrogens is 362 g/mol. The van der Waals surface area contributed by atoms with Gasteiger partial charge >= 0.3 is 0 Å². The summed E-state index contributed by atoms with van der Waals surface area (Å²) in [7, 11) is 0. The second-order valence-electron chi connectivity index (χ2n) is 6.36. The lowest BCUT2D eigenvalue weighted by Gasteiger charge is -2.12. The van der Waals surface area contributed by atoms with Gasteiger partial charge in [-0.1, -0.05) is 0 Å². The molecule has 1 N–H and O–H groups in total. The Labute approximate surface area is 161 Å². The number of nitrogens with one attached hydrogen (secondary N) is 1. The average Bonchev–Trinajstić information content (AvgIpc) is 3.07. The van der Waals surface area contributed by atoms with Gasteiger partial charge in [-0.05, 0) is 62.4 Å². The first-order chi connectivity index (χ1) is 13.2. The number of hydrogen-bond donors (Lipinski definition) is 1. The van der Waals surface area contributed by atoms with Crippen molar-refractivity contribution in [2.75, 3.05) is 18.5 Å². The Hall–Kier alpha value is -2.67. The predicted octanol–water partition coefficient (Wildman–Crippen LogP) is 3.99. The summed E-state index contributed by atoms with van der Waals surface area (Å²) in [6.07, 6.45) is 6.01. The van der Waals surface area contributed by atoms with E-state index >= 15 is 0 Å². The van der Waals surface area contributed by atoms with Gasteiger partial charge in [-0.3, -0.25) is 4.79 Å². The zero-order chi connectivity index (χ0) is 18.6. The largest absolute Gasteiger partial charge is 0.494 e. The number of anilines is 1. The van der Waals surface area contributed by atoms with Crippen LogP contribution in [0, 0.1) is 0 Å². The van der Waals surface area contributed by atoms with Crippen LogP contribution in [0.3, 0.4) is 0 Å². The molecule has 1 amide bonds. The van der Waals surface area contributed by atoms with Crippen molar-refractivity contribution in [2.45, 2.75) is 32.6 Å². The molecule has 6 nitrogen and oxygen atoms in total. The number of fused-ring (bicyclic) bond motifs is 3. The number of carbonyl (C=O) groups is 1. The summed E-state index contributed by atoms with van der Waals surface area (Å²) in [5.74, 6) is 1.05. The van der Waals surface area contributed by atoms with Crippen LogP contribution in [-0.2, 0) is 17.6 Å². The molecule has 0 atom stereocenters. The fourth-order valence-corrected chi connectivity index (χ4v) is 4.52. The van der Waals surface area contributed by atoms with Crippen molar-refractivity contribution in [3.8, 4) is 11.6 Å². The first-order valence-corrected chi connectivity index (χ1v) is 9.97. The Kier molecular flexibility index (Phi) is 5.20. The van der Waals surface area contributed by atoms with Crippen LogP contribution in [0.4, 0.5) is 5.69 Å². The van der Waals surface area contributed by atoms with Gasteiger partial charge in [-0.2, -0.15) is 0 Å². The molecule has 0 saturated heterocycles. The number of amides is 1. The van der Waals surface area contributed by atoms with Gasteiger partial charge in [0.15, 0.2) is 6.61 Å². The molecule has 2 aromatic heterocycles. The summed E-state index contributed by atoms with van der Waals surface area (Å²) in [6, 6.07) is 7.26. The molecule has 7 heteroatoms. The molecule has 0 bridgehead atoms. The van der Waals surface area contributed by atoms with Crippen LogP contribution < -0.4 is 14.8 Å². The molecule has 4 rings (SSSR count). The van der Waals surface area contributed by atoms with Gasteiger partial charge in [0.05, 0.1) is 12.0 Å². The summed E-state index contributed by atoms with van der Waals surface area (Å²) >= 11 is 1.71. The summed E-state index contributed by atoms with van der Waals surface area (Å²) in [6.45, 7) is 2.45. The van der Waals surface area contributed by atoms with E-state index in [0.29, 0.717) is 18.2 Å². The molecule has 0 aliphatic heterocycles. The number of rotatable bonds is 6. The SMILES string of the molecule is CCOc1ccc(NC(=O)COc2ncnc3sc4c(c23)CCCC4)cc1. The highest BCUT2D eigenvalue weighted by molar-refractivity contribution is 7.18. The van der Waals surface area contributed by atoms with Crippen molar-refractivity contribution in [3.05, 3.63) is 41.0 Å². The molecular formula is C20H21N3O3S. The molecule has 0 radical (unpaired) electrons. The Morgan fingerprint density at radius 3 is 2.78 bits per heavy atom. The van der Waals surface area contributed by atoms with E-state index in [2.05, 4.69) is 15.3 Å². The van der Waals surface area contributed by atoms with Crippen LogP contribution in [0.1, 0.15) is 30.2 Å². The number of thiophene rings is 1. The van der Waals surface area contributed by atoms with Crippen LogP contribution >= 0.6 is 11.3 Å². The maximum absolute atomic E-state index is 12.3. The lowest BCUT2D eigenvalue weighted by atomic mass is 9.97. The molecule has 1 aromatic carbocycles. The molecule has 1 aliphatic rings. The summed E-state index contributed by atoms with van der Waals surface area (Å²) in [5, 5.41) is 3.80. The van der Waals surface area contributed by atoms with E-state index in [1.165, 1.54) is 29.6 Å². The number of hydrogen-bond acceptors (Lipinski definition) is 6. The summed E-state index contributed by atoms with van der Waals surface area (Å²) in [5.41, 5.74) is 2.00. The van der Waals surface area contributed by atoms with Crippen molar-refractivity contribution in [1.29, 1.82) is 0 Å². The topological polar surface area (TPSA) is 73.3 Å². The minimum Gasteiger partial charge on any atom is -0.494 e. The van der Waals surface area contributed by atoms with Gasteiger partial charge in [0, 0.05) is 10.6 Å². The molecule has 27 heavy (non-hydrogen) atoms. The highest BCUT2D eigenvalue weighted by Crippen LogP contribution is 2.38. The maximum atomic E-state index is 12.3. The lowest BCUT2D eigenvalue weighted by molar-refractivity contribution is -0.118. The fourth-order valence-electron chi connectivity index (χ4n) is 3.30. The maximum Gasteiger partial charge on any atom is 0.262 e. The van der Waals surface area contributed by atoms with Crippen LogP contribution in [0.25, 0.3) is 10.2 Å². The number of benzene rings is 1. The van der Waals surface area contributed by atoms with Crippen LogP contribution in [0.15, 0.2) is 30.6 Å². The van der Waals surface area contributed by atoms with E-state index in [9.17, 15) is 4.79 Å². The van der Waals surface area contributed by atoms with Gasteiger partial charge in [0.25, 0.3) is 5.91 Å². The van der Waals surface area contributed by atoms with E-state index < -0.39 is 0 Å².